The van der Waals surface area contributed by atoms with E-state index in [1.54, 1.807) is 29.2 Å². The van der Waals surface area contributed by atoms with Crippen LogP contribution in [0.5, 0.6) is 0 Å². The Bertz CT molecular complexity index is 888. The molecule has 0 aliphatic carbocycles. The number of hydrogen-bond donors (Lipinski definition) is 2. The molecular weight excluding hydrogens is 342 g/mol. The summed E-state index contributed by atoms with van der Waals surface area (Å²) in [6.07, 6.45) is 4.66. The molecule has 0 radical (unpaired) electrons. The van der Waals surface area contributed by atoms with Crippen LogP contribution in [0.15, 0.2) is 54.6 Å². The average molecular weight is 363 g/mol. The molecule has 1 aliphatic rings. The molecule has 2 aromatic carbocycles. The number of nitrogens with two attached hydrogens (primary N) is 1. The maximum Gasteiger partial charge on any atom is 0.248 e. The van der Waals surface area contributed by atoms with Crippen molar-refractivity contribution >= 4 is 29.5 Å². The van der Waals surface area contributed by atoms with Gasteiger partial charge in [0, 0.05) is 36.8 Å². The van der Waals surface area contributed by atoms with E-state index in [-0.39, 0.29) is 11.8 Å². The van der Waals surface area contributed by atoms with Gasteiger partial charge in [-0.1, -0.05) is 24.3 Å². The highest BCUT2D eigenvalue weighted by atomic mass is 16.2. The van der Waals surface area contributed by atoms with Crippen LogP contribution in [0.2, 0.25) is 0 Å². The predicted octanol–water partition coefficient (Wildman–Crippen LogP) is 2.24. The molecule has 0 spiro atoms. The molecule has 3 amide bonds. The van der Waals surface area contributed by atoms with Gasteiger partial charge in [0.2, 0.25) is 17.7 Å². The number of nitrogens with zero attached hydrogens (tertiary/aromatic N) is 1. The summed E-state index contributed by atoms with van der Waals surface area (Å²) in [5.41, 5.74) is 8.21. The molecule has 0 bridgehead atoms. The van der Waals surface area contributed by atoms with Gasteiger partial charge in [-0.25, -0.2) is 0 Å². The van der Waals surface area contributed by atoms with Gasteiger partial charge in [-0.05, 0) is 47.9 Å². The van der Waals surface area contributed by atoms with Gasteiger partial charge in [0.1, 0.15) is 0 Å². The zero-order chi connectivity index (χ0) is 19.2. The van der Waals surface area contributed by atoms with Crippen LogP contribution in [0, 0.1) is 0 Å². The molecule has 2 aromatic rings. The molecule has 1 saturated heterocycles. The van der Waals surface area contributed by atoms with E-state index in [9.17, 15) is 14.4 Å². The van der Waals surface area contributed by atoms with E-state index in [0.717, 1.165) is 29.8 Å². The molecule has 0 aromatic heterocycles. The highest BCUT2D eigenvalue weighted by molar-refractivity contribution is 5.96. The summed E-state index contributed by atoms with van der Waals surface area (Å²) >= 11 is 0. The lowest BCUT2D eigenvalue weighted by Crippen LogP contribution is -2.23. The number of carbonyl (C=O) groups is 3. The Morgan fingerprint density at radius 3 is 2.59 bits per heavy atom. The van der Waals surface area contributed by atoms with Crippen LogP contribution in [0.3, 0.4) is 0 Å². The zero-order valence-electron chi connectivity index (χ0n) is 14.9. The standard InChI is InChI=1S/C21H21N3O3/c22-21(27)17-4-1-3-16(13-17)14-23-19(25)11-8-15-6-9-18(10-7-15)24-12-2-5-20(24)26/h1,3-4,6-11,13H,2,5,12,14H2,(H2,22,27)(H,23,25)/b11-8+. The Labute approximate surface area is 157 Å². The van der Waals surface area contributed by atoms with Crippen molar-refractivity contribution in [3.63, 3.8) is 0 Å². The van der Waals surface area contributed by atoms with E-state index < -0.39 is 5.91 Å². The first kappa shape index (κ1) is 18.4. The summed E-state index contributed by atoms with van der Waals surface area (Å²) in [6.45, 7) is 1.06. The average Bonchev–Trinajstić information content (AvgIpc) is 3.11. The van der Waals surface area contributed by atoms with Crippen LogP contribution in [-0.2, 0) is 16.1 Å². The molecule has 138 valence electrons. The molecule has 1 fully saturated rings. The number of carbonyl (C=O) groups excluding carboxylic acids is 3. The lowest BCUT2D eigenvalue weighted by molar-refractivity contribution is -0.117. The third kappa shape index (κ3) is 4.82. The monoisotopic (exact) mass is 363 g/mol. The van der Waals surface area contributed by atoms with Crippen LogP contribution in [0.25, 0.3) is 6.08 Å². The molecule has 0 saturated carbocycles. The maximum absolute atomic E-state index is 12.0. The first-order valence-corrected chi connectivity index (χ1v) is 8.78. The zero-order valence-corrected chi connectivity index (χ0v) is 14.9. The lowest BCUT2D eigenvalue weighted by atomic mass is 10.1. The van der Waals surface area contributed by atoms with Gasteiger partial charge in [0.05, 0.1) is 0 Å². The topological polar surface area (TPSA) is 92.5 Å². The van der Waals surface area contributed by atoms with Crippen molar-refractivity contribution < 1.29 is 14.4 Å². The SMILES string of the molecule is NC(=O)c1cccc(CNC(=O)/C=C/c2ccc(N3CCCC3=O)cc2)c1. The summed E-state index contributed by atoms with van der Waals surface area (Å²) in [7, 11) is 0. The quantitative estimate of drug-likeness (QED) is 0.771. The van der Waals surface area contributed by atoms with Gasteiger partial charge < -0.3 is 16.0 Å². The van der Waals surface area contributed by atoms with Crippen molar-refractivity contribution in [2.45, 2.75) is 19.4 Å². The van der Waals surface area contributed by atoms with Gasteiger partial charge in [0.15, 0.2) is 0 Å². The maximum atomic E-state index is 12.0. The number of primary amides is 1. The molecular formula is C21H21N3O3. The Balaban J connectivity index is 1.54. The summed E-state index contributed by atoms with van der Waals surface area (Å²) < 4.78 is 0. The number of anilines is 1. The third-order valence-corrected chi connectivity index (χ3v) is 4.38. The van der Waals surface area contributed by atoms with Crippen LogP contribution in [-0.4, -0.2) is 24.3 Å². The number of amides is 3. The molecule has 1 aliphatic heterocycles. The minimum Gasteiger partial charge on any atom is -0.366 e. The molecule has 6 nitrogen and oxygen atoms in total. The van der Waals surface area contributed by atoms with Crippen LogP contribution >= 0.6 is 0 Å². The summed E-state index contributed by atoms with van der Waals surface area (Å²) in [6, 6.07) is 14.4. The Morgan fingerprint density at radius 2 is 1.93 bits per heavy atom. The molecule has 0 atom stereocenters. The summed E-state index contributed by atoms with van der Waals surface area (Å²) in [5.74, 6) is -0.585. The number of hydrogen-bond acceptors (Lipinski definition) is 3. The van der Waals surface area contributed by atoms with Crippen molar-refractivity contribution in [2.24, 2.45) is 5.73 Å². The van der Waals surface area contributed by atoms with Crippen molar-refractivity contribution in [1.29, 1.82) is 0 Å². The van der Waals surface area contributed by atoms with Gasteiger partial charge in [-0.2, -0.15) is 0 Å². The van der Waals surface area contributed by atoms with Crippen LogP contribution < -0.4 is 16.0 Å². The minimum atomic E-state index is -0.498. The van der Waals surface area contributed by atoms with Gasteiger partial charge in [-0.15, -0.1) is 0 Å². The molecule has 6 heteroatoms. The van der Waals surface area contributed by atoms with Crippen LogP contribution in [0.4, 0.5) is 5.69 Å². The highest BCUT2D eigenvalue weighted by Crippen LogP contribution is 2.21. The van der Waals surface area contributed by atoms with Gasteiger partial charge in [-0.3, -0.25) is 14.4 Å². The van der Waals surface area contributed by atoms with E-state index >= 15 is 0 Å². The fourth-order valence-corrected chi connectivity index (χ4v) is 2.94. The summed E-state index contributed by atoms with van der Waals surface area (Å²) in [5, 5.41) is 2.77. The summed E-state index contributed by atoms with van der Waals surface area (Å²) in [4.78, 5) is 36.7. The minimum absolute atomic E-state index is 0.151. The van der Waals surface area contributed by atoms with E-state index in [4.69, 9.17) is 5.73 Å². The fourth-order valence-electron chi connectivity index (χ4n) is 2.94. The number of nitrogens with one attached hydrogen (secondary N) is 1. The second kappa shape index (κ2) is 8.31. The Morgan fingerprint density at radius 1 is 1.15 bits per heavy atom. The van der Waals surface area contributed by atoms with Crippen molar-refractivity contribution in [3.8, 4) is 0 Å². The third-order valence-electron chi connectivity index (χ3n) is 4.38. The van der Waals surface area contributed by atoms with Crippen molar-refractivity contribution in [1.82, 2.24) is 5.32 Å². The van der Waals surface area contributed by atoms with Crippen LogP contribution in [0.1, 0.15) is 34.3 Å². The van der Waals surface area contributed by atoms with Gasteiger partial charge >= 0.3 is 0 Å². The molecule has 27 heavy (non-hydrogen) atoms. The van der Waals surface area contributed by atoms with E-state index in [1.807, 2.05) is 30.3 Å². The normalized spacial score (nSPS) is 13.9. The Kier molecular flexibility index (Phi) is 5.66. The van der Waals surface area contributed by atoms with E-state index in [2.05, 4.69) is 5.32 Å². The largest absolute Gasteiger partial charge is 0.366 e. The Hall–Kier alpha value is -3.41. The van der Waals surface area contributed by atoms with Gasteiger partial charge in [0.25, 0.3) is 0 Å². The molecule has 3 N–H and O–H groups in total. The molecule has 3 rings (SSSR count). The second-order valence-electron chi connectivity index (χ2n) is 6.36. The number of benzene rings is 2. The first-order valence-electron chi connectivity index (χ1n) is 8.78. The lowest BCUT2D eigenvalue weighted by Gasteiger charge is -2.15. The fraction of sp³-hybridized carbons (Fsp3) is 0.190. The highest BCUT2D eigenvalue weighted by Gasteiger charge is 2.21. The smallest absolute Gasteiger partial charge is 0.248 e. The second-order valence-corrected chi connectivity index (χ2v) is 6.36. The van der Waals surface area contributed by atoms with Crippen molar-refractivity contribution in [2.75, 3.05) is 11.4 Å². The first-order chi connectivity index (χ1) is 13.0. The molecule has 1 heterocycles. The van der Waals surface area contributed by atoms with Crippen molar-refractivity contribution in [3.05, 3.63) is 71.3 Å². The predicted molar refractivity (Wildman–Crippen MR) is 104 cm³/mol. The molecule has 0 unspecified atom stereocenters. The van der Waals surface area contributed by atoms with E-state index in [0.29, 0.717) is 18.5 Å². The number of rotatable bonds is 6. The van der Waals surface area contributed by atoms with E-state index in [1.165, 1.54) is 6.08 Å².